The van der Waals surface area contributed by atoms with Gasteiger partial charge in [-0.15, -0.1) is 13.2 Å². The molecule has 1 saturated heterocycles. The van der Waals surface area contributed by atoms with Gasteiger partial charge in [0.1, 0.15) is 23.5 Å². The van der Waals surface area contributed by atoms with Gasteiger partial charge in [0.15, 0.2) is 11.6 Å². The van der Waals surface area contributed by atoms with Crippen molar-refractivity contribution >= 4 is 49.7 Å². The zero-order valence-corrected chi connectivity index (χ0v) is 35.2. The Morgan fingerprint density at radius 1 is 1.02 bits per heavy atom. The Bertz CT molecular complexity index is 2650. The van der Waals surface area contributed by atoms with Crippen LogP contribution in [0.15, 0.2) is 97.0 Å². The second kappa shape index (κ2) is 17.7. The zero-order chi connectivity index (χ0) is 44.5. The summed E-state index contributed by atoms with van der Waals surface area (Å²) in [5.74, 6) is -2.51. The number of furan rings is 1. The highest BCUT2D eigenvalue weighted by atomic mass is 32.2. The number of ketones is 1. The molecule has 3 aliphatic rings. The minimum absolute atomic E-state index is 0.0107. The molecule has 3 fully saturated rings. The van der Waals surface area contributed by atoms with Crippen molar-refractivity contribution in [1.82, 2.24) is 29.6 Å². The van der Waals surface area contributed by atoms with Crippen molar-refractivity contribution in [3.8, 4) is 17.3 Å². The number of Topliss-reactive ketones (excluding diaryl/α,β-unsaturated/α-hetero) is 1. The monoisotopic (exact) mass is 884 g/mol. The number of amides is 2. The predicted molar refractivity (Wildman–Crippen MR) is 227 cm³/mol. The number of carbonyl (C=O) groups is 3. The van der Waals surface area contributed by atoms with Crippen molar-refractivity contribution in [2.24, 2.45) is 17.3 Å². The third-order valence-electron chi connectivity index (χ3n) is 12.3. The number of nitrogens with one attached hydrogen (secondary N) is 1. The molecule has 2 aromatic carbocycles. The van der Waals surface area contributed by atoms with Gasteiger partial charge in [0.2, 0.25) is 27.4 Å². The molecule has 3 aromatic heterocycles. The number of allylic oxidation sites excluding steroid dienone is 2. The predicted octanol–water partition coefficient (Wildman–Crippen LogP) is 7.96. The summed E-state index contributed by atoms with van der Waals surface area (Å²) in [5, 5.41) is -0.0435. The van der Waals surface area contributed by atoms with Crippen LogP contribution in [0.3, 0.4) is 0 Å². The molecule has 1 aliphatic heterocycles. The number of hydrogen-bond donors (Lipinski definition) is 1. The molecule has 2 aliphatic carbocycles. The van der Waals surface area contributed by atoms with Crippen LogP contribution >= 0.6 is 0 Å². The molecule has 63 heavy (non-hydrogen) atoms. The van der Waals surface area contributed by atoms with Crippen molar-refractivity contribution in [2.45, 2.75) is 94.2 Å². The first-order valence-corrected chi connectivity index (χ1v) is 22.7. The number of rotatable bonds is 19. The van der Waals surface area contributed by atoms with Gasteiger partial charge in [-0.1, -0.05) is 49.3 Å². The first kappa shape index (κ1) is 43.7. The molecule has 17 heteroatoms. The summed E-state index contributed by atoms with van der Waals surface area (Å²) in [5.41, 5.74) is -0.200. The summed E-state index contributed by atoms with van der Waals surface area (Å²) in [7, 11) is -3.92. The van der Waals surface area contributed by atoms with Gasteiger partial charge in [0, 0.05) is 42.1 Å². The molecule has 2 saturated carbocycles. The molecule has 0 radical (unpaired) electrons. The summed E-state index contributed by atoms with van der Waals surface area (Å²) in [6.07, 6.45) is 7.55. The maximum absolute atomic E-state index is 14.9. The van der Waals surface area contributed by atoms with Crippen LogP contribution in [0.5, 0.6) is 5.88 Å². The number of fused-ring (bicyclic) bond motifs is 3. The Morgan fingerprint density at radius 3 is 2.44 bits per heavy atom. The average Bonchev–Trinajstić information content (AvgIpc) is 4.18. The summed E-state index contributed by atoms with van der Waals surface area (Å²) in [6.45, 7) is 7.57. The fourth-order valence-electron chi connectivity index (χ4n) is 8.60. The molecular weight excluding hydrogens is 838 g/mol. The molecule has 13 nitrogen and oxygen atoms in total. The highest BCUT2D eigenvalue weighted by molar-refractivity contribution is 7.90. The average molecular weight is 885 g/mol. The molecule has 2 amide bonds. The largest absolute Gasteiger partial charge is 0.470 e. The number of likely N-dealkylation sites (tertiary alicyclic amines) is 1. The van der Waals surface area contributed by atoms with Crippen LogP contribution in [0.2, 0.25) is 0 Å². The van der Waals surface area contributed by atoms with Crippen LogP contribution in [0.4, 0.5) is 13.2 Å². The first-order valence-electron chi connectivity index (χ1n) is 21.1. The lowest BCUT2D eigenvalue weighted by Crippen LogP contribution is -2.46. The fourth-order valence-corrected chi connectivity index (χ4v) is 9.99. The number of carbonyl (C=O) groups excluding carboxylic acids is 3. The molecule has 0 unspecified atom stereocenters. The smallest absolute Gasteiger partial charge is 0.416 e. The van der Waals surface area contributed by atoms with Crippen LogP contribution in [0.1, 0.15) is 75.3 Å². The van der Waals surface area contributed by atoms with E-state index in [1.807, 2.05) is 6.08 Å². The third kappa shape index (κ3) is 9.38. The fraction of sp³-hybridized carbons (Fsp3) is 0.413. The number of halogens is 3. The van der Waals surface area contributed by atoms with Crippen LogP contribution in [0.25, 0.3) is 33.5 Å². The SMILES string of the molecule is C=CCCCCC[C@H](Cc1cncnc1)C(=O)N1C[C@H](Oc2nc(-c3ccc(C(F)(F)F)cc3)nc3c2oc2ccccc23)C[C@H]1C(=O)C[C@]1(C(=O)NS(=O)(=O)C2CC2)C[C@H]1C=C. The highest BCUT2D eigenvalue weighted by Crippen LogP contribution is 2.57. The van der Waals surface area contributed by atoms with Gasteiger partial charge in [0.05, 0.1) is 28.8 Å². The quantitative estimate of drug-likeness (QED) is 0.0630. The molecule has 1 N–H and O–H groups in total. The summed E-state index contributed by atoms with van der Waals surface area (Å²) >= 11 is 0. The number of hydrogen-bond acceptors (Lipinski definition) is 11. The molecule has 0 spiro atoms. The van der Waals surface area contributed by atoms with E-state index in [0.717, 1.165) is 43.4 Å². The van der Waals surface area contributed by atoms with Gasteiger partial charge in [-0.25, -0.2) is 23.4 Å². The van der Waals surface area contributed by atoms with Crippen molar-refractivity contribution in [2.75, 3.05) is 6.54 Å². The van der Waals surface area contributed by atoms with Crippen molar-refractivity contribution < 1.29 is 45.1 Å². The van der Waals surface area contributed by atoms with E-state index in [-0.39, 0.29) is 54.6 Å². The van der Waals surface area contributed by atoms with E-state index in [2.05, 4.69) is 37.8 Å². The summed E-state index contributed by atoms with van der Waals surface area (Å²) in [6, 6.07) is 10.4. The Hall–Kier alpha value is -5.97. The minimum Gasteiger partial charge on any atom is -0.470 e. The topological polar surface area (TPSA) is 175 Å². The van der Waals surface area contributed by atoms with Crippen molar-refractivity contribution in [3.63, 3.8) is 0 Å². The Kier molecular flexibility index (Phi) is 12.2. The molecule has 5 atom stereocenters. The van der Waals surface area contributed by atoms with E-state index in [4.69, 9.17) is 9.15 Å². The lowest BCUT2D eigenvalue weighted by molar-refractivity contribution is -0.142. The lowest BCUT2D eigenvalue weighted by Gasteiger charge is -2.29. The number of benzene rings is 2. The van der Waals surface area contributed by atoms with Crippen LogP contribution < -0.4 is 9.46 Å². The number of ether oxygens (including phenoxy) is 1. The lowest BCUT2D eigenvalue weighted by atomic mass is 9.90. The third-order valence-corrected chi connectivity index (χ3v) is 14.1. The van der Waals surface area contributed by atoms with Gasteiger partial charge in [-0.2, -0.15) is 18.2 Å². The number of aromatic nitrogens is 4. The van der Waals surface area contributed by atoms with Gasteiger partial charge in [-0.05, 0) is 80.7 Å². The normalized spacial score (nSPS) is 21.6. The van der Waals surface area contributed by atoms with Crippen LogP contribution in [-0.4, -0.2) is 74.8 Å². The van der Waals surface area contributed by atoms with E-state index in [9.17, 15) is 36.0 Å². The van der Waals surface area contributed by atoms with Gasteiger partial charge in [-0.3, -0.25) is 19.1 Å². The molecule has 4 heterocycles. The Balaban J connectivity index is 1.13. The number of alkyl halides is 3. The standard InChI is InChI=1S/C46H47F3N6O7S/c1-3-5-6-7-8-11-30(20-28-24-50-27-51-25-28)43(57)55-26-33(21-36(55)37(56)23-45(22-31(45)4-2)44(58)54-63(59,60)34-18-19-34)61-42-40-39(35-12-9-10-13-38(35)62-40)52-41(53-42)29-14-16-32(17-15-29)46(47,48)49/h3-4,9-10,12-17,24-25,27,30-31,33-34,36H,1-2,5-8,11,18-23,26H2,(H,54,58)/t30-,31-,33-,36+,45-/m1/s1. The molecule has 5 aromatic rings. The molecule has 0 bridgehead atoms. The molecule has 330 valence electrons. The number of nitrogens with zero attached hydrogens (tertiary/aromatic N) is 5. The minimum atomic E-state index is -4.55. The number of sulfonamides is 1. The van der Waals surface area contributed by atoms with Gasteiger partial charge < -0.3 is 14.1 Å². The summed E-state index contributed by atoms with van der Waals surface area (Å²) < 4.78 is 81.2. The van der Waals surface area contributed by atoms with Crippen molar-refractivity contribution in [3.05, 3.63) is 104 Å². The van der Waals surface area contributed by atoms with Crippen LogP contribution in [-0.2, 0) is 37.0 Å². The van der Waals surface area contributed by atoms with E-state index < -0.39 is 68.1 Å². The van der Waals surface area contributed by atoms with E-state index in [1.54, 1.807) is 42.7 Å². The Morgan fingerprint density at radius 2 is 1.76 bits per heavy atom. The second-order valence-corrected chi connectivity index (χ2v) is 18.7. The Labute approximate surface area is 362 Å². The zero-order valence-electron chi connectivity index (χ0n) is 34.4. The maximum atomic E-state index is 14.9. The first-order chi connectivity index (χ1) is 30.2. The van der Waals surface area contributed by atoms with E-state index in [1.165, 1.54) is 23.4 Å². The van der Waals surface area contributed by atoms with Crippen molar-refractivity contribution in [1.29, 1.82) is 0 Å². The molecule has 8 rings (SSSR count). The number of para-hydroxylation sites is 1. The summed E-state index contributed by atoms with van der Waals surface area (Å²) in [4.78, 5) is 62.5. The van der Waals surface area contributed by atoms with E-state index in [0.29, 0.717) is 42.2 Å². The van der Waals surface area contributed by atoms with Gasteiger partial charge in [0.25, 0.3) is 5.88 Å². The van der Waals surface area contributed by atoms with E-state index >= 15 is 0 Å². The molecular formula is C46H47F3N6O7S. The highest BCUT2D eigenvalue weighted by Gasteiger charge is 2.61. The number of unbranched alkanes of at least 4 members (excludes halogenated alkanes) is 3. The van der Waals surface area contributed by atoms with Crippen LogP contribution in [0, 0.1) is 17.3 Å². The van der Waals surface area contributed by atoms with Gasteiger partial charge >= 0.3 is 6.18 Å². The second-order valence-electron chi connectivity index (χ2n) is 16.8. The maximum Gasteiger partial charge on any atom is 0.416 e.